The Balaban J connectivity index is 1.50. The summed E-state index contributed by atoms with van der Waals surface area (Å²) in [5.74, 6) is -1.26. The zero-order valence-electron chi connectivity index (χ0n) is 17.8. The zero-order chi connectivity index (χ0) is 23.5. The van der Waals surface area contributed by atoms with E-state index in [9.17, 15) is 18.8 Å². The lowest BCUT2D eigenvalue weighted by atomic mass is 10.1. The van der Waals surface area contributed by atoms with Gasteiger partial charge in [0.25, 0.3) is 17.6 Å². The Morgan fingerprint density at radius 2 is 1.82 bits per heavy atom. The quantitative estimate of drug-likeness (QED) is 0.404. The van der Waals surface area contributed by atoms with Crippen LogP contribution in [0.25, 0.3) is 5.78 Å². The molecular formula is C22H19FN6O3S. The molecule has 168 valence electrons. The fourth-order valence-corrected chi connectivity index (χ4v) is 3.92. The van der Waals surface area contributed by atoms with Crippen LogP contribution in [0.1, 0.15) is 54.3 Å². The molecule has 0 spiro atoms. The van der Waals surface area contributed by atoms with Gasteiger partial charge in [0.15, 0.2) is 5.78 Å². The molecule has 3 aromatic heterocycles. The number of fused-ring (bicyclic) bond motifs is 1. The zero-order valence-corrected chi connectivity index (χ0v) is 18.6. The highest BCUT2D eigenvalue weighted by molar-refractivity contribution is 7.12. The fraction of sp³-hybridized carbons (Fsp3) is 0.182. The predicted molar refractivity (Wildman–Crippen MR) is 119 cm³/mol. The second-order valence-electron chi connectivity index (χ2n) is 7.32. The van der Waals surface area contributed by atoms with Gasteiger partial charge in [0, 0.05) is 19.2 Å². The number of hydrogen-bond acceptors (Lipinski definition) is 7. The molecule has 0 saturated heterocycles. The van der Waals surface area contributed by atoms with Crippen molar-refractivity contribution in [1.29, 1.82) is 0 Å². The molecule has 4 aromatic rings. The van der Waals surface area contributed by atoms with Crippen molar-refractivity contribution in [3.05, 3.63) is 80.8 Å². The topological polar surface area (TPSA) is 118 Å². The van der Waals surface area contributed by atoms with Gasteiger partial charge in [-0.2, -0.15) is 14.6 Å². The molecule has 4 rings (SSSR count). The molecule has 0 aliphatic heterocycles. The summed E-state index contributed by atoms with van der Waals surface area (Å²) in [6.07, 6.45) is 1.24. The number of carbonyl (C=O) groups excluding carboxylic acids is 3. The van der Waals surface area contributed by atoms with E-state index in [1.165, 1.54) is 41.2 Å². The molecule has 0 aliphatic carbocycles. The third-order valence-electron chi connectivity index (χ3n) is 4.85. The molecule has 1 aromatic carbocycles. The number of aryl methyl sites for hydroxylation is 1. The number of aromatic nitrogens is 4. The number of amides is 2. The van der Waals surface area contributed by atoms with Crippen molar-refractivity contribution in [2.45, 2.75) is 26.9 Å². The number of nitrogens with one attached hydrogen (secondary N) is 2. The summed E-state index contributed by atoms with van der Waals surface area (Å²) in [5.41, 5.74) is 2.07. The average Bonchev–Trinajstić information content (AvgIpc) is 3.47. The first-order valence-corrected chi connectivity index (χ1v) is 10.8. The molecule has 0 bridgehead atoms. The van der Waals surface area contributed by atoms with Crippen LogP contribution in [0.4, 0.5) is 4.39 Å². The van der Waals surface area contributed by atoms with Gasteiger partial charge in [-0.25, -0.2) is 9.37 Å². The van der Waals surface area contributed by atoms with Crippen LogP contribution >= 0.6 is 11.3 Å². The van der Waals surface area contributed by atoms with Gasteiger partial charge in [0.2, 0.25) is 0 Å². The highest BCUT2D eigenvalue weighted by Crippen LogP contribution is 2.15. The molecule has 0 atom stereocenters. The molecule has 0 unspecified atom stereocenters. The van der Waals surface area contributed by atoms with Crippen molar-refractivity contribution >= 4 is 34.7 Å². The number of benzene rings is 1. The van der Waals surface area contributed by atoms with Crippen molar-refractivity contribution in [1.82, 2.24) is 30.2 Å². The van der Waals surface area contributed by atoms with E-state index in [1.807, 2.05) is 0 Å². The van der Waals surface area contributed by atoms with Crippen LogP contribution in [0.3, 0.4) is 0 Å². The maximum Gasteiger partial charge on any atom is 0.270 e. The monoisotopic (exact) mass is 466 g/mol. The van der Waals surface area contributed by atoms with Crippen LogP contribution in [0.15, 0.2) is 42.0 Å². The average molecular weight is 466 g/mol. The van der Waals surface area contributed by atoms with Crippen LogP contribution in [0, 0.1) is 12.7 Å². The first-order valence-electron chi connectivity index (χ1n) is 9.92. The van der Waals surface area contributed by atoms with Crippen molar-refractivity contribution in [2.24, 2.45) is 0 Å². The maximum atomic E-state index is 13.4. The lowest BCUT2D eigenvalue weighted by Crippen LogP contribution is -2.28. The summed E-state index contributed by atoms with van der Waals surface area (Å²) in [7, 11) is 0. The number of nitrogens with zero attached hydrogens (tertiary/aromatic N) is 4. The summed E-state index contributed by atoms with van der Waals surface area (Å²) in [5, 5.41) is 11.3. The Hall–Kier alpha value is -3.99. The smallest absolute Gasteiger partial charge is 0.270 e. The number of ketones is 1. The molecule has 9 nitrogen and oxygen atoms in total. The Morgan fingerprint density at radius 1 is 1.06 bits per heavy atom. The van der Waals surface area contributed by atoms with E-state index >= 15 is 0 Å². The van der Waals surface area contributed by atoms with E-state index in [4.69, 9.17) is 0 Å². The van der Waals surface area contributed by atoms with Crippen molar-refractivity contribution in [2.75, 3.05) is 0 Å². The van der Waals surface area contributed by atoms with E-state index in [0.717, 1.165) is 11.1 Å². The minimum Gasteiger partial charge on any atom is -0.347 e. The number of rotatable bonds is 7. The van der Waals surface area contributed by atoms with Gasteiger partial charge < -0.3 is 10.6 Å². The fourth-order valence-electron chi connectivity index (χ4n) is 3.11. The maximum absolute atomic E-state index is 13.4. The standard InChI is InChI=1S/C22H19FN6O3S/c1-12-5-14(3-4-16(12)23)8-24-20(31)17-7-18(29-22(28-17)26-11-27-29)21(32)25-9-15-6-19(13(2)30)33-10-15/h3-7,10-11H,8-9H2,1-2H3,(H,24,31)(H,25,32). The molecule has 0 fully saturated rings. The van der Waals surface area contributed by atoms with Crippen LogP contribution in [0.2, 0.25) is 0 Å². The summed E-state index contributed by atoms with van der Waals surface area (Å²) >= 11 is 1.31. The van der Waals surface area contributed by atoms with Gasteiger partial charge in [-0.15, -0.1) is 11.3 Å². The second kappa shape index (κ2) is 9.25. The van der Waals surface area contributed by atoms with E-state index in [0.29, 0.717) is 10.4 Å². The number of carbonyl (C=O) groups is 3. The van der Waals surface area contributed by atoms with Crippen molar-refractivity contribution in [3.8, 4) is 0 Å². The van der Waals surface area contributed by atoms with Gasteiger partial charge >= 0.3 is 0 Å². The molecule has 3 heterocycles. The number of Topliss-reactive ketones (excluding diaryl/α,β-unsaturated/α-hetero) is 1. The Bertz CT molecular complexity index is 1380. The Labute approximate surface area is 191 Å². The Kier molecular flexibility index (Phi) is 6.22. The minimum atomic E-state index is -0.513. The lowest BCUT2D eigenvalue weighted by Gasteiger charge is -2.09. The number of hydrogen-bond donors (Lipinski definition) is 2. The number of thiophene rings is 1. The SMILES string of the molecule is CC(=O)c1cc(CNC(=O)c2cc(C(=O)NCc3ccc(F)c(C)c3)nc3ncnn23)cs1. The van der Waals surface area contributed by atoms with Crippen LogP contribution in [-0.2, 0) is 13.1 Å². The summed E-state index contributed by atoms with van der Waals surface area (Å²) < 4.78 is 14.7. The summed E-state index contributed by atoms with van der Waals surface area (Å²) in [4.78, 5) is 45.7. The second-order valence-corrected chi connectivity index (χ2v) is 8.23. The normalized spacial score (nSPS) is 10.9. The van der Waals surface area contributed by atoms with Crippen LogP contribution in [0.5, 0.6) is 0 Å². The molecule has 2 N–H and O–H groups in total. The third kappa shape index (κ3) is 4.93. The van der Waals surface area contributed by atoms with Gasteiger partial charge in [-0.1, -0.05) is 12.1 Å². The predicted octanol–water partition coefficient (Wildman–Crippen LogP) is 2.70. The molecule has 0 saturated carbocycles. The van der Waals surface area contributed by atoms with Gasteiger partial charge in [-0.05, 0) is 48.1 Å². The highest BCUT2D eigenvalue weighted by atomic mass is 32.1. The van der Waals surface area contributed by atoms with Gasteiger partial charge in [0.1, 0.15) is 23.5 Å². The molecular weight excluding hydrogens is 447 g/mol. The first kappa shape index (κ1) is 22.2. The Morgan fingerprint density at radius 3 is 2.55 bits per heavy atom. The largest absolute Gasteiger partial charge is 0.347 e. The highest BCUT2D eigenvalue weighted by Gasteiger charge is 2.18. The molecule has 11 heteroatoms. The first-order chi connectivity index (χ1) is 15.8. The summed E-state index contributed by atoms with van der Waals surface area (Å²) in [6.45, 7) is 3.49. The van der Waals surface area contributed by atoms with Crippen LogP contribution < -0.4 is 10.6 Å². The van der Waals surface area contributed by atoms with E-state index < -0.39 is 11.8 Å². The van der Waals surface area contributed by atoms with Crippen LogP contribution in [-0.4, -0.2) is 37.2 Å². The van der Waals surface area contributed by atoms with E-state index in [-0.39, 0.29) is 41.9 Å². The van der Waals surface area contributed by atoms with Crippen molar-refractivity contribution < 1.29 is 18.8 Å². The third-order valence-corrected chi connectivity index (χ3v) is 5.93. The molecule has 0 radical (unpaired) electrons. The lowest BCUT2D eigenvalue weighted by molar-refractivity contribution is 0.0941. The van der Waals surface area contributed by atoms with Gasteiger partial charge in [-0.3, -0.25) is 14.4 Å². The van der Waals surface area contributed by atoms with Gasteiger partial charge in [0.05, 0.1) is 4.88 Å². The summed E-state index contributed by atoms with van der Waals surface area (Å²) in [6, 6.07) is 7.62. The molecule has 0 aliphatic rings. The number of halogens is 1. The van der Waals surface area contributed by atoms with Crippen molar-refractivity contribution in [3.63, 3.8) is 0 Å². The molecule has 2 amide bonds. The van der Waals surface area contributed by atoms with E-state index in [2.05, 4.69) is 25.7 Å². The van der Waals surface area contributed by atoms with E-state index in [1.54, 1.807) is 30.5 Å². The minimum absolute atomic E-state index is 0.00566. The molecule has 33 heavy (non-hydrogen) atoms.